The van der Waals surface area contributed by atoms with E-state index < -0.39 is 32.6 Å². The molecule has 0 aromatic heterocycles. The van der Waals surface area contributed by atoms with Gasteiger partial charge in [-0.05, 0) is 43.3 Å². The molecule has 0 radical (unpaired) electrons. The van der Waals surface area contributed by atoms with Crippen LogP contribution in [0.5, 0.6) is 5.75 Å². The summed E-state index contributed by atoms with van der Waals surface area (Å²) < 4.78 is 59.9. The van der Waals surface area contributed by atoms with Gasteiger partial charge in [0.05, 0.1) is 12.2 Å². The van der Waals surface area contributed by atoms with Crippen molar-refractivity contribution in [1.29, 1.82) is 0 Å². The van der Waals surface area contributed by atoms with Crippen molar-refractivity contribution in [1.82, 2.24) is 0 Å². The van der Waals surface area contributed by atoms with Gasteiger partial charge in [-0.2, -0.15) is 8.42 Å². The van der Waals surface area contributed by atoms with Gasteiger partial charge in [-0.15, -0.1) is 0 Å². The van der Waals surface area contributed by atoms with Crippen LogP contribution in [0, 0.1) is 11.6 Å². The average molecular weight is 342 g/mol. The van der Waals surface area contributed by atoms with Crippen LogP contribution in [-0.2, 0) is 14.9 Å². The molecule has 0 aliphatic rings. The van der Waals surface area contributed by atoms with E-state index >= 15 is 0 Å². The number of halogens is 2. The SMILES string of the molecule is CCOC(=O)c1ccc(OS(=O)(=O)c2ccc(F)cc2F)cc1. The molecule has 0 saturated carbocycles. The Morgan fingerprint density at radius 3 is 2.30 bits per heavy atom. The molecule has 0 N–H and O–H groups in total. The van der Waals surface area contributed by atoms with Crippen LogP contribution in [0.1, 0.15) is 17.3 Å². The van der Waals surface area contributed by atoms with Crippen LogP contribution < -0.4 is 4.18 Å². The Hall–Kier alpha value is -2.48. The lowest BCUT2D eigenvalue weighted by Crippen LogP contribution is -2.12. The fraction of sp³-hybridized carbons (Fsp3) is 0.133. The van der Waals surface area contributed by atoms with E-state index in [2.05, 4.69) is 0 Å². The molecule has 0 heterocycles. The molecule has 23 heavy (non-hydrogen) atoms. The molecule has 122 valence electrons. The van der Waals surface area contributed by atoms with Gasteiger partial charge in [-0.1, -0.05) is 0 Å². The van der Waals surface area contributed by atoms with Gasteiger partial charge in [0, 0.05) is 6.07 Å². The Bertz CT molecular complexity index is 816. The van der Waals surface area contributed by atoms with Crippen LogP contribution in [0.4, 0.5) is 8.78 Å². The molecule has 2 aromatic carbocycles. The maximum Gasteiger partial charge on any atom is 0.342 e. The first-order chi connectivity index (χ1) is 10.8. The van der Waals surface area contributed by atoms with Crippen molar-refractivity contribution in [2.45, 2.75) is 11.8 Å². The quantitative estimate of drug-likeness (QED) is 0.617. The van der Waals surface area contributed by atoms with Crippen LogP contribution in [0.15, 0.2) is 47.4 Å². The van der Waals surface area contributed by atoms with E-state index in [0.717, 1.165) is 12.1 Å². The van der Waals surface area contributed by atoms with Crippen molar-refractivity contribution >= 4 is 16.1 Å². The van der Waals surface area contributed by atoms with E-state index in [9.17, 15) is 22.0 Å². The van der Waals surface area contributed by atoms with Gasteiger partial charge < -0.3 is 8.92 Å². The summed E-state index contributed by atoms with van der Waals surface area (Å²) in [4.78, 5) is 10.7. The second-order valence-corrected chi connectivity index (χ2v) is 5.87. The fourth-order valence-corrected chi connectivity index (χ4v) is 2.70. The van der Waals surface area contributed by atoms with Crippen molar-refractivity contribution in [3.63, 3.8) is 0 Å². The van der Waals surface area contributed by atoms with E-state index in [1.165, 1.54) is 24.3 Å². The maximum atomic E-state index is 13.5. The Kier molecular flexibility index (Phi) is 4.95. The number of rotatable bonds is 5. The molecule has 0 spiro atoms. The molecule has 0 saturated heterocycles. The van der Waals surface area contributed by atoms with Gasteiger partial charge in [0.15, 0.2) is 0 Å². The molecule has 2 rings (SSSR count). The van der Waals surface area contributed by atoms with Crippen molar-refractivity contribution in [2.24, 2.45) is 0 Å². The van der Waals surface area contributed by atoms with E-state index in [-0.39, 0.29) is 17.9 Å². The van der Waals surface area contributed by atoms with Gasteiger partial charge in [-0.25, -0.2) is 13.6 Å². The molecule has 0 bridgehead atoms. The predicted molar refractivity (Wildman–Crippen MR) is 76.6 cm³/mol. The Balaban J connectivity index is 2.22. The first-order valence-corrected chi connectivity index (χ1v) is 7.91. The van der Waals surface area contributed by atoms with Crippen molar-refractivity contribution in [2.75, 3.05) is 6.61 Å². The highest BCUT2D eigenvalue weighted by Gasteiger charge is 2.22. The van der Waals surface area contributed by atoms with Crippen molar-refractivity contribution in [3.05, 3.63) is 59.7 Å². The minimum absolute atomic E-state index is 0.123. The fourth-order valence-electron chi connectivity index (χ4n) is 1.71. The zero-order chi connectivity index (χ0) is 17.0. The minimum atomic E-state index is -4.46. The van der Waals surface area contributed by atoms with Gasteiger partial charge in [0.25, 0.3) is 0 Å². The monoisotopic (exact) mass is 342 g/mol. The molecular weight excluding hydrogens is 330 g/mol. The van der Waals surface area contributed by atoms with E-state index in [4.69, 9.17) is 8.92 Å². The standard InChI is InChI=1S/C15H12F2O5S/c1-2-21-15(18)10-3-6-12(7-4-10)22-23(19,20)14-8-5-11(16)9-13(14)17/h3-9H,2H2,1H3. The van der Waals surface area contributed by atoms with E-state index in [1.807, 2.05) is 0 Å². The summed E-state index contributed by atoms with van der Waals surface area (Å²) in [5.74, 6) is -2.85. The van der Waals surface area contributed by atoms with Crippen LogP contribution in [0.25, 0.3) is 0 Å². The van der Waals surface area contributed by atoms with Crippen LogP contribution in [0.2, 0.25) is 0 Å². The first-order valence-electron chi connectivity index (χ1n) is 6.50. The summed E-state index contributed by atoms with van der Waals surface area (Å²) in [5.41, 5.74) is 0.213. The molecule has 5 nitrogen and oxygen atoms in total. The summed E-state index contributed by atoms with van der Waals surface area (Å²) in [7, 11) is -4.46. The number of benzene rings is 2. The summed E-state index contributed by atoms with van der Waals surface area (Å²) in [6, 6.07) is 7.10. The number of hydrogen-bond donors (Lipinski definition) is 0. The van der Waals surface area contributed by atoms with Gasteiger partial charge in [-0.3, -0.25) is 0 Å². The van der Waals surface area contributed by atoms with E-state index in [0.29, 0.717) is 6.07 Å². The topological polar surface area (TPSA) is 69.7 Å². The number of esters is 1. The summed E-state index contributed by atoms with van der Waals surface area (Å²) >= 11 is 0. The number of carbonyl (C=O) groups is 1. The zero-order valence-electron chi connectivity index (χ0n) is 12.0. The van der Waals surface area contributed by atoms with Gasteiger partial charge >= 0.3 is 16.1 Å². The highest BCUT2D eigenvalue weighted by Crippen LogP contribution is 2.22. The third kappa shape index (κ3) is 4.04. The number of carbonyl (C=O) groups excluding carboxylic acids is 1. The van der Waals surface area contributed by atoms with Gasteiger partial charge in [0.1, 0.15) is 22.3 Å². The van der Waals surface area contributed by atoms with Crippen molar-refractivity contribution < 1.29 is 30.9 Å². The highest BCUT2D eigenvalue weighted by molar-refractivity contribution is 7.87. The lowest BCUT2D eigenvalue weighted by Gasteiger charge is -2.08. The largest absolute Gasteiger partial charge is 0.462 e. The summed E-state index contributed by atoms with van der Waals surface area (Å²) in [6.45, 7) is 1.86. The summed E-state index contributed by atoms with van der Waals surface area (Å²) in [5, 5.41) is 0. The molecule has 0 aliphatic carbocycles. The molecule has 0 fully saturated rings. The van der Waals surface area contributed by atoms with E-state index in [1.54, 1.807) is 6.92 Å². The highest BCUT2D eigenvalue weighted by atomic mass is 32.2. The maximum absolute atomic E-state index is 13.5. The third-order valence-electron chi connectivity index (χ3n) is 2.73. The minimum Gasteiger partial charge on any atom is -0.462 e. The van der Waals surface area contributed by atoms with Gasteiger partial charge in [0.2, 0.25) is 0 Å². The Labute approximate surface area is 131 Å². The van der Waals surface area contributed by atoms with Crippen LogP contribution in [-0.4, -0.2) is 21.0 Å². The Morgan fingerprint density at radius 2 is 1.74 bits per heavy atom. The number of hydrogen-bond acceptors (Lipinski definition) is 5. The number of ether oxygens (including phenoxy) is 1. The zero-order valence-corrected chi connectivity index (χ0v) is 12.8. The average Bonchev–Trinajstić information content (AvgIpc) is 2.47. The molecule has 0 aliphatic heterocycles. The second-order valence-electron chi connectivity index (χ2n) is 4.36. The lowest BCUT2D eigenvalue weighted by molar-refractivity contribution is 0.0526. The predicted octanol–water partition coefficient (Wildman–Crippen LogP) is 2.91. The smallest absolute Gasteiger partial charge is 0.342 e. The molecule has 0 unspecified atom stereocenters. The first kappa shape index (κ1) is 16.9. The lowest BCUT2D eigenvalue weighted by atomic mass is 10.2. The van der Waals surface area contributed by atoms with Crippen LogP contribution >= 0.6 is 0 Å². The molecule has 2 aromatic rings. The molecule has 0 amide bonds. The Morgan fingerprint density at radius 1 is 1.09 bits per heavy atom. The molecule has 0 atom stereocenters. The normalized spacial score (nSPS) is 11.1. The van der Waals surface area contributed by atoms with Crippen LogP contribution in [0.3, 0.4) is 0 Å². The molecule has 8 heteroatoms. The second kappa shape index (κ2) is 6.74. The van der Waals surface area contributed by atoms with Crippen molar-refractivity contribution in [3.8, 4) is 5.75 Å². The molecular formula is C15H12F2O5S. The summed E-state index contributed by atoms with van der Waals surface area (Å²) in [6.07, 6.45) is 0. The third-order valence-corrected chi connectivity index (χ3v) is 4.02.